The summed E-state index contributed by atoms with van der Waals surface area (Å²) in [4.78, 5) is 5.89. The molecule has 144 valence electrons. The quantitative estimate of drug-likeness (QED) is 0.243. The third-order valence-electron chi connectivity index (χ3n) is 3.89. The average Bonchev–Trinajstić information content (AvgIpc) is 2.77. The Morgan fingerprint density at radius 1 is 0.714 bits per heavy atom. The molecule has 0 saturated carbocycles. The van der Waals surface area contributed by atoms with E-state index < -0.39 is 0 Å². The van der Waals surface area contributed by atoms with E-state index in [1.165, 1.54) is 16.7 Å². The molecule has 0 aromatic heterocycles. The van der Waals surface area contributed by atoms with Crippen LogP contribution in [-0.2, 0) is 0 Å². The summed E-state index contributed by atoms with van der Waals surface area (Å²) in [7, 11) is 3.92. The fraction of sp³-hybridized carbons (Fsp3) is 0.192. The minimum absolute atomic E-state index is 0.309. The van der Waals surface area contributed by atoms with Crippen LogP contribution >= 0.6 is 0 Å². The fourth-order valence-corrected chi connectivity index (χ4v) is 2.76. The average molecular weight is 371 g/mol. The van der Waals surface area contributed by atoms with E-state index in [9.17, 15) is 0 Å². The third-order valence-corrected chi connectivity index (χ3v) is 3.89. The van der Waals surface area contributed by atoms with Crippen molar-refractivity contribution in [2.75, 3.05) is 20.6 Å². The minimum Gasteiger partial charge on any atom is -0.369 e. The van der Waals surface area contributed by atoms with Crippen LogP contribution in [0.3, 0.4) is 0 Å². The second-order valence-electron chi connectivity index (χ2n) is 6.24. The summed E-state index contributed by atoms with van der Waals surface area (Å²) < 4.78 is 0. The highest BCUT2D eigenvalue weighted by Crippen LogP contribution is 2.31. The smallest absolute Gasteiger partial charge is 0.0844 e. The van der Waals surface area contributed by atoms with Gasteiger partial charge < -0.3 is 4.90 Å². The normalized spacial score (nSPS) is 9.79. The zero-order chi connectivity index (χ0) is 20.6. The highest BCUT2D eigenvalue weighted by atomic mass is 15.1. The minimum atomic E-state index is 0.309. The second kappa shape index (κ2) is 13.8. The number of aliphatic imine (C=N–C) groups is 1. The number of nitrogens with zero attached hydrogens (tertiary/aromatic N) is 2. The maximum Gasteiger partial charge on any atom is 0.0844 e. The van der Waals surface area contributed by atoms with Crippen molar-refractivity contribution in [3.63, 3.8) is 0 Å². The zero-order valence-electron chi connectivity index (χ0n) is 17.1. The first-order valence-electron chi connectivity index (χ1n) is 9.37. The molecule has 0 saturated heterocycles. The van der Waals surface area contributed by atoms with Crippen LogP contribution in [0.2, 0.25) is 0 Å². The Labute approximate surface area is 170 Å². The van der Waals surface area contributed by atoms with Crippen LogP contribution in [0.4, 0.5) is 0 Å². The van der Waals surface area contributed by atoms with Crippen molar-refractivity contribution in [1.82, 2.24) is 4.90 Å². The first-order valence-corrected chi connectivity index (χ1v) is 9.37. The van der Waals surface area contributed by atoms with E-state index in [0.717, 1.165) is 6.54 Å². The first-order chi connectivity index (χ1) is 13.7. The summed E-state index contributed by atoms with van der Waals surface area (Å²) in [5.74, 6) is 0.309. The molecule has 0 fully saturated rings. The van der Waals surface area contributed by atoms with E-state index >= 15 is 0 Å². The van der Waals surface area contributed by atoms with Gasteiger partial charge in [-0.15, -0.1) is 12.8 Å². The van der Waals surface area contributed by atoms with Crippen LogP contribution in [0, 0.1) is 12.8 Å². The molecule has 0 unspecified atom stereocenters. The molecule has 3 rings (SSSR count). The fourth-order valence-electron chi connectivity index (χ4n) is 2.76. The Balaban J connectivity index is 0.000000372. The molecule has 0 amide bonds. The molecule has 0 N–H and O–H groups in total. The Hall–Kier alpha value is -3.31. The summed E-state index contributed by atoms with van der Waals surface area (Å²) in [6.07, 6.45) is 9.81. The summed E-state index contributed by atoms with van der Waals surface area (Å²) in [5, 5.41) is 0. The Kier molecular flexibility index (Phi) is 11.2. The van der Waals surface area contributed by atoms with Gasteiger partial charge in [-0.05, 0) is 23.6 Å². The summed E-state index contributed by atoms with van der Waals surface area (Å²) in [5.41, 5.74) is 4.00. The predicted octanol–water partition coefficient (Wildman–Crippen LogP) is 5.71. The molecular weight excluding hydrogens is 340 g/mol. The van der Waals surface area contributed by atoms with Gasteiger partial charge in [-0.3, -0.25) is 4.99 Å². The van der Waals surface area contributed by atoms with Gasteiger partial charge in [-0.25, -0.2) is 0 Å². The number of terminal acetylenes is 1. The number of hydrogen-bond acceptors (Lipinski definition) is 1. The Morgan fingerprint density at radius 2 is 1.04 bits per heavy atom. The molecule has 2 nitrogen and oxygen atoms in total. The van der Waals surface area contributed by atoms with Gasteiger partial charge in [-0.1, -0.05) is 91.0 Å². The lowest BCUT2D eigenvalue weighted by Crippen LogP contribution is -2.07. The standard InChI is InChI=1S/C19H16.C5H12N2.C2H2/c1-4-10-16(11-5-1)19(17-12-6-2-7-13-17)18-14-8-3-9-15-18;1-4-6-5-7(2)3;1-2/h1-15,19H;5H,4H2,1-3H3;1-2H. The van der Waals surface area contributed by atoms with Crippen LogP contribution in [0.1, 0.15) is 29.5 Å². The van der Waals surface area contributed by atoms with E-state index in [1.807, 2.05) is 25.9 Å². The highest BCUT2D eigenvalue weighted by Gasteiger charge is 2.15. The molecule has 0 spiro atoms. The molecular formula is C26H30N2. The van der Waals surface area contributed by atoms with Crippen LogP contribution in [0.15, 0.2) is 96.0 Å². The largest absolute Gasteiger partial charge is 0.369 e. The molecule has 2 heteroatoms. The Bertz CT molecular complexity index is 697. The molecule has 0 atom stereocenters. The molecule has 0 aliphatic rings. The van der Waals surface area contributed by atoms with Gasteiger partial charge in [0.15, 0.2) is 0 Å². The van der Waals surface area contributed by atoms with Gasteiger partial charge in [0.05, 0.1) is 6.34 Å². The molecule has 0 radical (unpaired) electrons. The van der Waals surface area contributed by atoms with Crippen molar-refractivity contribution >= 4 is 6.34 Å². The summed E-state index contributed by atoms with van der Waals surface area (Å²) in [6.45, 7) is 2.89. The monoisotopic (exact) mass is 370 g/mol. The van der Waals surface area contributed by atoms with Crippen LogP contribution in [0.25, 0.3) is 0 Å². The second-order valence-corrected chi connectivity index (χ2v) is 6.24. The van der Waals surface area contributed by atoms with Crippen molar-refractivity contribution in [3.05, 3.63) is 108 Å². The van der Waals surface area contributed by atoms with Crippen molar-refractivity contribution in [2.45, 2.75) is 12.8 Å². The van der Waals surface area contributed by atoms with Crippen molar-refractivity contribution in [2.24, 2.45) is 4.99 Å². The lowest BCUT2D eigenvalue weighted by molar-refractivity contribution is 0.640. The van der Waals surface area contributed by atoms with Crippen molar-refractivity contribution in [3.8, 4) is 12.8 Å². The van der Waals surface area contributed by atoms with Gasteiger partial charge in [0.1, 0.15) is 0 Å². The predicted molar refractivity (Wildman–Crippen MR) is 123 cm³/mol. The van der Waals surface area contributed by atoms with Gasteiger partial charge >= 0.3 is 0 Å². The van der Waals surface area contributed by atoms with Crippen LogP contribution in [-0.4, -0.2) is 31.9 Å². The topological polar surface area (TPSA) is 15.6 Å². The lowest BCUT2D eigenvalue weighted by Gasteiger charge is -2.18. The van der Waals surface area contributed by atoms with Crippen molar-refractivity contribution < 1.29 is 0 Å². The highest BCUT2D eigenvalue weighted by molar-refractivity contribution is 5.53. The van der Waals surface area contributed by atoms with Gasteiger partial charge in [0.25, 0.3) is 0 Å². The van der Waals surface area contributed by atoms with E-state index in [1.54, 1.807) is 6.34 Å². The van der Waals surface area contributed by atoms with E-state index in [2.05, 4.69) is 109 Å². The molecule has 0 aliphatic carbocycles. The lowest BCUT2D eigenvalue weighted by atomic mass is 9.85. The van der Waals surface area contributed by atoms with Crippen LogP contribution < -0.4 is 0 Å². The molecule has 3 aromatic rings. The summed E-state index contributed by atoms with van der Waals surface area (Å²) in [6, 6.07) is 32.0. The van der Waals surface area contributed by atoms with Gasteiger partial charge in [0.2, 0.25) is 0 Å². The van der Waals surface area contributed by atoms with E-state index in [4.69, 9.17) is 0 Å². The number of benzene rings is 3. The van der Waals surface area contributed by atoms with Crippen LogP contribution in [0.5, 0.6) is 0 Å². The number of hydrogen-bond donors (Lipinski definition) is 0. The Morgan fingerprint density at radius 3 is 1.25 bits per heavy atom. The van der Waals surface area contributed by atoms with Gasteiger partial charge in [0, 0.05) is 26.6 Å². The van der Waals surface area contributed by atoms with Crippen molar-refractivity contribution in [1.29, 1.82) is 0 Å². The zero-order valence-corrected chi connectivity index (χ0v) is 17.1. The number of rotatable bonds is 5. The van der Waals surface area contributed by atoms with E-state index in [-0.39, 0.29) is 0 Å². The SMILES string of the molecule is C#C.CCN=CN(C)C.c1ccc(C(c2ccccc2)c2ccccc2)cc1. The molecule has 0 bridgehead atoms. The first kappa shape index (κ1) is 22.7. The molecule has 0 heterocycles. The maximum atomic E-state index is 4.00. The molecule has 28 heavy (non-hydrogen) atoms. The molecule has 0 aliphatic heterocycles. The maximum absolute atomic E-state index is 4.00. The van der Waals surface area contributed by atoms with Gasteiger partial charge in [-0.2, -0.15) is 0 Å². The molecule has 3 aromatic carbocycles. The third kappa shape index (κ3) is 7.93. The summed E-state index contributed by atoms with van der Waals surface area (Å²) >= 11 is 0. The van der Waals surface area contributed by atoms with E-state index in [0.29, 0.717) is 5.92 Å².